The molecule has 3 aromatic rings. The second-order valence-corrected chi connectivity index (χ2v) is 5.58. The van der Waals surface area contributed by atoms with Crippen LogP contribution >= 0.6 is 0 Å². The van der Waals surface area contributed by atoms with Crippen molar-refractivity contribution in [2.24, 2.45) is 0 Å². The number of benzene rings is 2. The quantitative estimate of drug-likeness (QED) is 0.642. The van der Waals surface area contributed by atoms with Gasteiger partial charge in [0.1, 0.15) is 17.3 Å². The lowest BCUT2D eigenvalue weighted by Crippen LogP contribution is -2.09. The highest BCUT2D eigenvalue weighted by Crippen LogP contribution is 2.26. The van der Waals surface area contributed by atoms with Crippen LogP contribution in [0.5, 0.6) is 11.5 Å². The Bertz CT molecular complexity index is 854. The van der Waals surface area contributed by atoms with Crippen LogP contribution in [0, 0.1) is 0 Å². The molecule has 2 aromatic carbocycles. The monoisotopic (exact) mass is 350 g/mol. The van der Waals surface area contributed by atoms with Crippen molar-refractivity contribution in [1.29, 1.82) is 0 Å². The van der Waals surface area contributed by atoms with Gasteiger partial charge in [-0.05, 0) is 36.2 Å². The van der Waals surface area contributed by atoms with Crippen LogP contribution in [0.1, 0.15) is 5.56 Å². The maximum atomic E-state index is 5.37. The third-order valence-corrected chi connectivity index (χ3v) is 3.90. The van der Waals surface area contributed by atoms with Crippen molar-refractivity contribution in [3.05, 3.63) is 66.4 Å². The number of hydrogen-bond donors (Lipinski definition) is 2. The van der Waals surface area contributed by atoms with Gasteiger partial charge < -0.3 is 20.1 Å². The lowest BCUT2D eigenvalue weighted by atomic mass is 10.1. The van der Waals surface area contributed by atoms with E-state index in [1.807, 2.05) is 48.5 Å². The van der Waals surface area contributed by atoms with Gasteiger partial charge in [0.2, 0.25) is 5.95 Å². The molecule has 1 aromatic heterocycles. The van der Waals surface area contributed by atoms with Gasteiger partial charge >= 0.3 is 0 Å². The van der Waals surface area contributed by atoms with Crippen LogP contribution in [0.3, 0.4) is 0 Å². The molecule has 0 saturated carbocycles. The highest BCUT2D eigenvalue weighted by Gasteiger charge is 2.05. The number of rotatable bonds is 8. The van der Waals surface area contributed by atoms with Crippen LogP contribution in [0.2, 0.25) is 0 Å². The normalized spacial score (nSPS) is 10.2. The molecule has 6 nitrogen and oxygen atoms in total. The first-order valence-corrected chi connectivity index (χ1v) is 8.39. The Balaban J connectivity index is 1.62. The molecule has 0 atom stereocenters. The number of para-hydroxylation sites is 3. The van der Waals surface area contributed by atoms with E-state index in [-0.39, 0.29) is 0 Å². The zero-order chi connectivity index (χ0) is 18.2. The van der Waals surface area contributed by atoms with Gasteiger partial charge in [-0.2, -0.15) is 4.98 Å². The number of methoxy groups -OCH3 is 2. The molecule has 3 rings (SSSR count). The molecule has 134 valence electrons. The fraction of sp³-hybridized carbons (Fsp3) is 0.200. The van der Waals surface area contributed by atoms with Crippen molar-refractivity contribution in [3.8, 4) is 11.5 Å². The molecule has 0 radical (unpaired) electrons. The van der Waals surface area contributed by atoms with E-state index in [1.165, 1.54) is 0 Å². The Hall–Kier alpha value is -3.28. The predicted octanol–water partition coefficient (Wildman–Crippen LogP) is 3.89. The summed E-state index contributed by atoms with van der Waals surface area (Å²) >= 11 is 0. The van der Waals surface area contributed by atoms with Gasteiger partial charge in [0, 0.05) is 12.7 Å². The van der Waals surface area contributed by atoms with E-state index in [9.17, 15) is 0 Å². The molecule has 0 aliphatic carbocycles. The molecule has 6 heteroatoms. The smallest absolute Gasteiger partial charge is 0.224 e. The molecule has 0 saturated heterocycles. The fourth-order valence-electron chi connectivity index (χ4n) is 2.62. The van der Waals surface area contributed by atoms with Gasteiger partial charge in [0.15, 0.2) is 0 Å². The zero-order valence-electron chi connectivity index (χ0n) is 14.9. The third kappa shape index (κ3) is 4.42. The average molecular weight is 350 g/mol. The fourth-order valence-corrected chi connectivity index (χ4v) is 2.62. The molecule has 0 fully saturated rings. The summed E-state index contributed by atoms with van der Waals surface area (Å²) in [6.07, 6.45) is 2.54. The summed E-state index contributed by atoms with van der Waals surface area (Å²) in [5, 5.41) is 6.50. The third-order valence-electron chi connectivity index (χ3n) is 3.90. The first-order chi connectivity index (χ1) is 12.8. The maximum Gasteiger partial charge on any atom is 0.224 e. The summed E-state index contributed by atoms with van der Waals surface area (Å²) < 4.78 is 10.7. The van der Waals surface area contributed by atoms with Gasteiger partial charge in [0.25, 0.3) is 0 Å². The molecule has 0 unspecified atom stereocenters. The number of nitrogens with one attached hydrogen (secondary N) is 2. The predicted molar refractivity (Wildman–Crippen MR) is 103 cm³/mol. The first kappa shape index (κ1) is 17.5. The van der Waals surface area contributed by atoms with Gasteiger partial charge in [-0.1, -0.05) is 30.3 Å². The van der Waals surface area contributed by atoms with Gasteiger partial charge in [-0.3, -0.25) is 0 Å². The number of nitrogens with zero attached hydrogens (tertiary/aromatic N) is 2. The minimum atomic E-state index is 0.569. The lowest BCUT2D eigenvalue weighted by molar-refractivity contribution is 0.410. The van der Waals surface area contributed by atoms with E-state index >= 15 is 0 Å². The van der Waals surface area contributed by atoms with Crippen LogP contribution in [0.4, 0.5) is 17.5 Å². The van der Waals surface area contributed by atoms with Crippen molar-refractivity contribution >= 4 is 17.5 Å². The lowest BCUT2D eigenvalue weighted by Gasteiger charge is -2.12. The summed E-state index contributed by atoms with van der Waals surface area (Å²) in [6.45, 7) is 0.707. The van der Waals surface area contributed by atoms with Crippen molar-refractivity contribution in [2.75, 3.05) is 31.4 Å². The van der Waals surface area contributed by atoms with E-state index in [1.54, 1.807) is 20.4 Å². The Kier molecular flexibility index (Phi) is 5.88. The first-order valence-electron chi connectivity index (χ1n) is 8.39. The average Bonchev–Trinajstić information content (AvgIpc) is 2.69. The number of hydrogen-bond acceptors (Lipinski definition) is 6. The Morgan fingerprint density at radius 3 is 2.42 bits per heavy atom. The molecule has 0 aliphatic rings. The van der Waals surface area contributed by atoms with Crippen LogP contribution in [0.25, 0.3) is 0 Å². The van der Waals surface area contributed by atoms with Crippen molar-refractivity contribution in [3.63, 3.8) is 0 Å². The summed E-state index contributed by atoms with van der Waals surface area (Å²) in [4.78, 5) is 8.77. The minimum Gasteiger partial charge on any atom is -0.496 e. The minimum absolute atomic E-state index is 0.569. The Morgan fingerprint density at radius 1 is 0.885 bits per heavy atom. The SMILES string of the molecule is COc1ccccc1CCNc1nccc(Nc2ccccc2OC)n1. The number of aromatic nitrogens is 2. The van der Waals surface area contributed by atoms with E-state index in [4.69, 9.17) is 9.47 Å². The standard InChI is InChI=1S/C20H22N4O2/c1-25-17-9-5-3-7-15(17)11-13-21-20-22-14-12-19(24-20)23-16-8-4-6-10-18(16)26-2/h3-10,12,14H,11,13H2,1-2H3,(H2,21,22,23,24). The molecule has 0 amide bonds. The molecule has 0 aliphatic heterocycles. The molecular weight excluding hydrogens is 328 g/mol. The van der Waals surface area contributed by atoms with Crippen LogP contribution in [-0.2, 0) is 6.42 Å². The molecule has 0 spiro atoms. The van der Waals surface area contributed by atoms with E-state index in [0.717, 1.165) is 29.2 Å². The van der Waals surface area contributed by atoms with Crippen LogP contribution in [-0.4, -0.2) is 30.7 Å². The second-order valence-electron chi connectivity index (χ2n) is 5.58. The van der Waals surface area contributed by atoms with Crippen molar-refractivity contribution in [2.45, 2.75) is 6.42 Å². The summed E-state index contributed by atoms with van der Waals surface area (Å²) in [5.41, 5.74) is 2.00. The Morgan fingerprint density at radius 2 is 1.62 bits per heavy atom. The molecule has 2 N–H and O–H groups in total. The van der Waals surface area contributed by atoms with Gasteiger partial charge in [0.05, 0.1) is 19.9 Å². The molecule has 26 heavy (non-hydrogen) atoms. The highest BCUT2D eigenvalue weighted by atomic mass is 16.5. The van der Waals surface area contributed by atoms with Gasteiger partial charge in [-0.15, -0.1) is 0 Å². The van der Waals surface area contributed by atoms with Gasteiger partial charge in [-0.25, -0.2) is 4.98 Å². The topological polar surface area (TPSA) is 68.3 Å². The molecule has 0 bridgehead atoms. The molecular formula is C20H22N4O2. The van der Waals surface area contributed by atoms with Crippen LogP contribution < -0.4 is 20.1 Å². The summed E-state index contributed by atoms with van der Waals surface area (Å²) in [7, 11) is 3.33. The van der Waals surface area contributed by atoms with E-state index < -0.39 is 0 Å². The molecule has 1 heterocycles. The van der Waals surface area contributed by atoms with E-state index in [0.29, 0.717) is 18.3 Å². The summed E-state index contributed by atoms with van der Waals surface area (Å²) in [5.74, 6) is 2.92. The zero-order valence-corrected chi connectivity index (χ0v) is 14.9. The maximum absolute atomic E-state index is 5.37. The van der Waals surface area contributed by atoms with E-state index in [2.05, 4.69) is 26.7 Å². The van der Waals surface area contributed by atoms with Crippen LogP contribution in [0.15, 0.2) is 60.8 Å². The number of anilines is 3. The Labute approximate surface area is 153 Å². The van der Waals surface area contributed by atoms with Crippen molar-refractivity contribution < 1.29 is 9.47 Å². The largest absolute Gasteiger partial charge is 0.496 e. The second kappa shape index (κ2) is 8.71. The summed E-state index contributed by atoms with van der Waals surface area (Å²) in [6, 6.07) is 17.5. The highest BCUT2D eigenvalue weighted by molar-refractivity contribution is 5.64. The van der Waals surface area contributed by atoms with Crippen molar-refractivity contribution in [1.82, 2.24) is 9.97 Å². The number of ether oxygens (including phenoxy) is 2.